The van der Waals surface area contributed by atoms with Crippen molar-refractivity contribution in [3.8, 4) is 5.75 Å². The number of piperidine rings is 1. The SMILES string of the molecule is CC(C)COc1ccc(S(=O)(=O)NCC2CCN(C3CCSC3)CC2)cc1. The van der Waals surface area contributed by atoms with Crippen molar-refractivity contribution in [3.63, 3.8) is 0 Å². The number of hydrogen-bond donors (Lipinski definition) is 1. The first-order valence-electron chi connectivity index (χ1n) is 9.98. The molecule has 1 unspecified atom stereocenters. The van der Waals surface area contributed by atoms with Gasteiger partial charge in [0.15, 0.2) is 0 Å². The fraction of sp³-hybridized carbons (Fsp3) is 0.700. The van der Waals surface area contributed by atoms with Gasteiger partial charge in [-0.25, -0.2) is 13.1 Å². The van der Waals surface area contributed by atoms with Crippen LogP contribution in [0.3, 0.4) is 0 Å². The third kappa shape index (κ3) is 6.11. The lowest BCUT2D eigenvalue weighted by molar-refractivity contribution is 0.145. The van der Waals surface area contributed by atoms with Crippen LogP contribution in [0.4, 0.5) is 0 Å². The van der Waals surface area contributed by atoms with E-state index in [1.54, 1.807) is 24.3 Å². The van der Waals surface area contributed by atoms with E-state index in [-0.39, 0.29) is 0 Å². The van der Waals surface area contributed by atoms with E-state index in [9.17, 15) is 8.42 Å². The van der Waals surface area contributed by atoms with Gasteiger partial charge in [0.2, 0.25) is 10.0 Å². The Morgan fingerprint density at radius 2 is 1.89 bits per heavy atom. The minimum absolute atomic E-state index is 0.305. The molecule has 0 bridgehead atoms. The second-order valence-electron chi connectivity index (χ2n) is 8.02. The summed E-state index contributed by atoms with van der Waals surface area (Å²) in [5, 5.41) is 0. The van der Waals surface area contributed by atoms with Crippen LogP contribution in [0.2, 0.25) is 0 Å². The molecule has 1 aromatic rings. The fourth-order valence-electron chi connectivity index (χ4n) is 3.62. The molecule has 0 saturated carbocycles. The van der Waals surface area contributed by atoms with Gasteiger partial charge in [0.25, 0.3) is 0 Å². The molecule has 152 valence electrons. The Morgan fingerprint density at radius 3 is 2.48 bits per heavy atom. The molecule has 7 heteroatoms. The summed E-state index contributed by atoms with van der Waals surface area (Å²) < 4.78 is 33.6. The number of rotatable bonds is 8. The summed E-state index contributed by atoms with van der Waals surface area (Å²) in [5.41, 5.74) is 0. The van der Waals surface area contributed by atoms with Crippen molar-refractivity contribution in [3.05, 3.63) is 24.3 Å². The van der Waals surface area contributed by atoms with Gasteiger partial charge < -0.3 is 4.74 Å². The molecule has 0 radical (unpaired) electrons. The summed E-state index contributed by atoms with van der Waals surface area (Å²) in [6.07, 6.45) is 3.45. The third-order valence-electron chi connectivity index (χ3n) is 5.35. The van der Waals surface area contributed by atoms with Crippen LogP contribution in [0.15, 0.2) is 29.2 Å². The Hall–Kier alpha value is -0.760. The van der Waals surface area contributed by atoms with Gasteiger partial charge in [-0.05, 0) is 74.2 Å². The monoisotopic (exact) mass is 412 g/mol. The normalized spacial score (nSPS) is 22.4. The van der Waals surface area contributed by atoms with E-state index in [0.717, 1.165) is 32.0 Å². The first-order valence-corrected chi connectivity index (χ1v) is 12.6. The highest BCUT2D eigenvalue weighted by molar-refractivity contribution is 7.99. The highest BCUT2D eigenvalue weighted by atomic mass is 32.2. The van der Waals surface area contributed by atoms with Crippen molar-refractivity contribution in [2.24, 2.45) is 11.8 Å². The van der Waals surface area contributed by atoms with Crippen molar-refractivity contribution in [1.82, 2.24) is 9.62 Å². The standard InChI is InChI=1S/C20H32N2O3S2/c1-16(2)14-25-19-3-5-20(6-4-19)27(23,24)21-13-17-7-10-22(11-8-17)18-9-12-26-15-18/h3-6,16-18,21H,7-15H2,1-2H3. The smallest absolute Gasteiger partial charge is 0.240 e. The molecule has 2 saturated heterocycles. The Kier molecular flexibility index (Phi) is 7.48. The maximum absolute atomic E-state index is 12.6. The first kappa shape index (κ1) is 21.0. The Balaban J connectivity index is 1.45. The molecule has 27 heavy (non-hydrogen) atoms. The molecular formula is C20H32N2O3S2. The van der Waals surface area contributed by atoms with E-state index < -0.39 is 10.0 Å². The van der Waals surface area contributed by atoms with Crippen molar-refractivity contribution in [2.45, 2.75) is 44.0 Å². The topological polar surface area (TPSA) is 58.6 Å². The summed E-state index contributed by atoms with van der Waals surface area (Å²) in [5.74, 6) is 4.12. The fourth-order valence-corrected chi connectivity index (χ4v) is 5.99. The van der Waals surface area contributed by atoms with Crippen molar-refractivity contribution in [2.75, 3.05) is 37.7 Å². The van der Waals surface area contributed by atoms with Crippen LogP contribution in [0.5, 0.6) is 5.75 Å². The van der Waals surface area contributed by atoms with Gasteiger partial charge >= 0.3 is 0 Å². The van der Waals surface area contributed by atoms with E-state index in [0.29, 0.717) is 35.6 Å². The van der Waals surface area contributed by atoms with Crippen LogP contribution in [0.25, 0.3) is 0 Å². The summed E-state index contributed by atoms with van der Waals surface area (Å²) in [6, 6.07) is 7.45. The van der Waals surface area contributed by atoms with Gasteiger partial charge in [-0.15, -0.1) is 0 Å². The van der Waals surface area contributed by atoms with Gasteiger partial charge in [0.05, 0.1) is 11.5 Å². The third-order valence-corrected chi connectivity index (χ3v) is 7.93. The minimum Gasteiger partial charge on any atom is -0.493 e. The van der Waals surface area contributed by atoms with Crippen LogP contribution in [-0.2, 0) is 10.0 Å². The molecule has 1 atom stereocenters. The minimum atomic E-state index is -3.46. The average Bonchev–Trinajstić information content (AvgIpc) is 3.20. The largest absolute Gasteiger partial charge is 0.493 e. The summed E-state index contributed by atoms with van der Waals surface area (Å²) >= 11 is 2.05. The second-order valence-corrected chi connectivity index (χ2v) is 10.9. The predicted molar refractivity (Wildman–Crippen MR) is 112 cm³/mol. The zero-order valence-electron chi connectivity index (χ0n) is 16.4. The highest BCUT2D eigenvalue weighted by Gasteiger charge is 2.28. The van der Waals surface area contributed by atoms with Gasteiger partial charge in [0, 0.05) is 18.3 Å². The Bertz CT molecular complexity index is 678. The van der Waals surface area contributed by atoms with Gasteiger partial charge in [0.1, 0.15) is 5.75 Å². The Morgan fingerprint density at radius 1 is 1.19 bits per heavy atom. The summed E-state index contributed by atoms with van der Waals surface area (Å²) in [6.45, 7) is 7.52. The van der Waals surface area contributed by atoms with Gasteiger partial charge in [-0.1, -0.05) is 13.8 Å². The van der Waals surface area contributed by atoms with Gasteiger partial charge in [-0.2, -0.15) is 11.8 Å². The van der Waals surface area contributed by atoms with Crippen LogP contribution < -0.4 is 9.46 Å². The van der Waals surface area contributed by atoms with Gasteiger partial charge in [-0.3, -0.25) is 4.90 Å². The molecule has 2 fully saturated rings. The number of ether oxygens (including phenoxy) is 1. The summed E-state index contributed by atoms with van der Waals surface area (Å²) in [4.78, 5) is 2.90. The van der Waals surface area contributed by atoms with Crippen molar-refractivity contribution in [1.29, 1.82) is 0 Å². The zero-order chi connectivity index (χ0) is 19.3. The maximum Gasteiger partial charge on any atom is 0.240 e. The molecule has 0 aromatic heterocycles. The molecule has 0 amide bonds. The molecular weight excluding hydrogens is 380 g/mol. The number of nitrogens with zero attached hydrogens (tertiary/aromatic N) is 1. The van der Waals surface area contributed by atoms with Crippen LogP contribution in [0, 0.1) is 11.8 Å². The first-order chi connectivity index (χ1) is 12.9. The zero-order valence-corrected chi connectivity index (χ0v) is 18.0. The molecule has 0 aliphatic carbocycles. The van der Waals surface area contributed by atoms with Crippen molar-refractivity contribution < 1.29 is 13.2 Å². The number of likely N-dealkylation sites (tertiary alicyclic amines) is 1. The van der Waals surface area contributed by atoms with Crippen LogP contribution in [0.1, 0.15) is 33.1 Å². The van der Waals surface area contributed by atoms with E-state index in [1.807, 2.05) is 0 Å². The lowest BCUT2D eigenvalue weighted by Crippen LogP contribution is -2.43. The molecule has 0 spiro atoms. The molecule has 2 heterocycles. The van der Waals surface area contributed by atoms with Crippen LogP contribution in [-0.4, -0.2) is 57.1 Å². The van der Waals surface area contributed by atoms with E-state index in [4.69, 9.17) is 4.74 Å². The van der Waals surface area contributed by atoms with E-state index in [2.05, 4.69) is 35.2 Å². The number of hydrogen-bond acceptors (Lipinski definition) is 5. The second kappa shape index (κ2) is 9.63. The lowest BCUT2D eigenvalue weighted by Gasteiger charge is -2.35. The van der Waals surface area contributed by atoms with E-state index in [1.165, 1.54) is 17.9 Å². The maximum atomic E-state index is 12.6. The average molecular weight is 413 g/mol. The molecule has 2 aliphatic heterocycles. The Labute approximate surface area is 168 Å². The molecule has 1 N–H and O–H groups in total. The van der Waals surface area contributed by atoms with Crippen LogP contribution >= 0.6 is 11.8 Å². The van der Waals surface area contributed by atoms with Crippen molar-refractivity contribution >= 4 is 21.8 Å². The van der Waals surface area contributed by atoms with E-state index >= 15 is 0 Å². The molecule has 1 aromatic carbocycles. The summed E-state index contributed by atoms with van der Waals surface area (Å²) in [7, 11) is -3.46. The highest BCUT2D eigenvalue weighted by Crippen LogP contribution is 2.27. The molecule has 2 aliphatic rings. The quantitative estimate of drug-likeness (QED) is 0.710. The number of thioether (sulfide) groups is 1. The number of benzene rings is 1. The molecule has 3 rings (SSSR count). The molecule has 5 nitrogen and oxygen atoms in total. The number of nitrogens with one attached hydrogen (secondary N) is 1. The lowest BCUT2D eigenvalue weighted by atomic mass is 9.96. The predicted octanol–water partition coefficient (Wildman–Crippen LogP) is 3.22. The number of sulfonamides is 1.